The van der Waals surface area contributed by atoms with E-state index in [1.807, 2.05) is 97.1 Å². The van der Waals surface area contributed by atoms with E-state index in [4.69, 9.17) is 29.9 Å². The zero-order valence-corrected chi connectivity index (χ0v) is 34.5. The highest BCUT2D eigenvalue weighted by Crippen LogP contribution is 2.42. The molecule has 292 valence electrons. The fraction of sp³-hybridized carbons (Fsp3) is 0.0182. The van der Waals surface area contributed by atoms with Gasteiger partial charge in [0.2, 0.25) is 0 Å². The van der Waals surface area contributed by atoms with E-state index in [0.717, 1.165) is 61.2 Å². The molecule has 0 aliphatic carbocycles. The molecule has 0 aliphatic heterocycles. The maximum atomic E-state index is 5.12. The van der Waals surface area contributed by atoms with Crippen LogP contribution < -0.4 is 0 Å². The number of thiophene rings is 1. The van der Waals surface area contributed by atoms with E-state index in [-0.39, 0.29) is 0 Å². The Morgan fingerprint density at radius 2 is 0.629 bits per heavy atom. The van der Waals surface area contributed by atoms with E-state index in [0.29, 0.717) is 34.9 Å². The van der Waals surface area contributed by atoms with Gasteiger partial charge in [-0.05, 0) is 59.5 Å². The minimum atomic E-state index is 0.627. The van der Waals surface area contributed by atoms with Gasteiger partial charge in [0.25, 0.3) is 0 Å². The summed E-state index contributed by atoms with van der Waals surface area (Å²) in [6, 6.07) is 69.0. The average molecular weight is 813 g/mol. The summed E-state index contributed by atoms with van der Waals surface area (Å²) in [5.74, 6) is 3.81. The molecule has 0 radical (unpaired) electrons. The van der Waals surface area contributed by atoms with Crippen molar-refractivity contribution in [2.45, 2.75) is 6.92 Å². The molecule has 0 aliphatic rings. The molecule has 11 aromatic rings. The highest BCUT2D eigenvalue weighted by molar-refractivity contribution is 7.25. The summed E-state index contributed by atoms with van der Waals surface area (Å²) in [4.78, 5) is 30.3. The van der Waals surface area contributed by atoms with Crippen LogP contribution in [0.3, 0.4) is 0 Å². The third-order valence-corrected chi connectivity index (χ3v) is 12.2. The first-order valence-corrected chi connectivity index (χ1v) is 21.3. The molecule has 0 spiro atoms. The second kappa shape index (κ2) is 15.9. The number of fused-ring (bicyclic) bond motifs is 3. The summed E-state index contributed by atoms with van der Waals surface area (Å²) in [5.41, 5.74) is 11.1. The lowest BCUT2D eigenvalue weighted by Gasteiger charge is -2.13. The summed E-state index contributed by atoms with van der Waals surface area (Å²) in [5, 5.41) is 2.38. The normalized spacial score (nSPS) is 11.3. The van der Waals surface area contributed by atoms with Crippen molar-refractivity contribution in [1.29, 1.82) is 0 Å². The number of aryl methyl sites for hydroxylation is 1. The lowest BCUT2D eigenvalue weighted by molar-refractivity contribution is 1.07. The number of rotatable bonds is 8. The molecule has 7 heteroatoms. The van der Waals surface area contributed by atoms with Gasteiger partial charge in [0.1, 0.15) is 0 Å². The van der Waals surface area contributed by atoms with Crippen molar-refractivity contribution in [3.8, 4) is 90.6 Å². The van der Waals surface area contributed by atoms with Gasteiger partial charge in [-0.25, -0.2) is 29.9 Å². The second-order valence-corrected chi connectivity index (χ2v) is 16.3. The maximum absolute atomic E-state index is 5.12. The van der Waals surface area contributed by atoms with Gasteiger partial charge in [-0.15, -0.1) is 11.3 Å². The summed E-state index contributed by atoms with van der Waals surface area (Å²) in [6.45, 7) is 2.09. The van der Waals surface area contributed by atoms with Gasteiger partial charge in [0.05, 0.1) is 0 Å². The molecule has 11 rings (SSSR count). The van der Waals surface area contributed by atoms with Crippen LogP contribution in [0.25, 0.3) is 111 Å². The van der Waals surface area contributed by atoms with Crippen molar-refractivity contribution in [3.63, 3.8) is 0 Å². The molecule has 3 heterocycles. The van der Waals surface area contributed by atoms with Crippen LogP contribution >= 0.6 is 11.3 Å². The largest absolute Gasteiger partial charge is 0.208 e. The Balaban J connectivity index is 1.03. The van der Waals surface area contributed by atoms with Gasteiger partial charge in [0.15, 0.2) is 34.9 Å². The molecular weight excluding hydrogens is 777 g/mol. The predicted octanol–water partition coefficient (Wildman–Crippen LogP) is 14.1. The zero-order valence-electron chi connectivity index (χ0n) is 33.6. The summed E-state index contributed by atoms with van der Waals surface area (Å²) in [7, 11) is 0. The monoisotopic (exact) mass is 812 g/mol. The summed E-state index contributed by atoms with van der Waals surface area (Å²) >= 11 is 1.80. The number of hydrogen-bond acceptors (Lipinski definition) is 7. The molecule has 3 aromatic heterocycles. The van der Waals surface area contributed by atoms with E-state index < -0.39 is 0 Å². The molecule has 0 amide bonds. The van der Waals surface area contributed by atoms with E-state index in [2.05, 4.69) is 110 Å². The molecule has 0 bridgehead atoms. The number of aromatic nitrogens is 6. The third-order valence-electron chi connectivity index (χ3n) is 11.1. The van der Waals surface area contributed by atoms with Crippen LogP contribution in [-0.2, 0) is 0 Å². The van der Waals surface area contributed by atoms with Gasteiger partial charge in [-0.3, -0.25) is 0 Å². The first-order valence-electron chi connectivity index (χ1n) is 20.5. The standard InChI is InChI=1S/C55H36N6S/c1-35-16-15-23-41(32-35)53-57-52(38-21-9-4-10-22-38)60-55(61-53)45-27-14-12-25-43(45)40-29-31-49-47(34-40)46-33-39(28-30-48(46)62-49)42-24-11-13-26-44(42)54-58-50(36-17-5-2-6-18-36)56-51(59-54)37-19-7-3-8-20-37/h2-34H,1H3. The van der Waals surface area contributed by atoms with Crippen LogP contribution in [0, 0.1) is 6.92 Å². The second-order valence-electron chi connectivity index (χ2n) is 15.2. The van der Waals surface area contributed by atoms with Crippen molar-refractivity contribution in [2.24, 2.45) is 0 Å². The molecule has 62 heavy (non-hydrogen) atoms. The number of nitrogens with zero attached hydrogens (tertiary/aromatic N) is 6. The number of benzene rings is 8. The van der Waals surface area contributed by atoms with Crippen molar-refractivity contribution in [1.82, 2.24) is 29.9 Å². The topological polar surface area (TPSA) is 77.3 Å². The van der Waals surface area contributed by atoms with Crippen molar-refractivity contribution < 1.29 is 0 Å². The summed E-state index contributed by atoms with van der Waals surface area (Å²) in [6.07, 6.45) is 0. The first-order chi connectivity index (χ1) is 30.6. The molecular formula is C55H36N6S. The van der Waals surface area contributed by atoms with Gasteiger partial charge in [0, 0.05) is 53.6 Å². The van der Waals surface area contributed by atoms with Crippen LogP contribution in [-0.4, -0.2) is 29.9 Å². The van der Waals surface area contributed by atoms with E-state index in [1.54, 1.807) is 11.3 Å². The Morgan fingerprint density at radius 1 is 0.274 bits per heavy atom. The molecule has 0 unspecified atom stereocenters. The minimum Gasteiger partial charge on any atom is -0.208 e. The SMILES string of the molecule is Cc1cccc(-c2nc(-c3ccccc3)nc(-c3ccccc3-c3ccc4sc5ccc(-c6ccccc6-c6nc(-c7ccccc7)nc(-c7ccccc7)n6)cc5c4c3)n2)c1. The predicted molar refractivity (Wildman–Crippen MR) is 254 cm³/mol. The van der Waals surface area contributed by atoms with Crippen LogP contribution in [0.1, 0.15) is 5.56 Å². The molecule has 0 saturated heterocycles. The molecule has 6 nitrogen and oxygen atoms in total. The molecule has 0 fully saturated rings. The highest BCUT2D eigenvalue weighted by atomic mass is 32.1. The molecule has 0 atom stereocenters. The number of hydrogen-bond donors (Lipinski definition) is 0. The van der Waals surface area contributed by atoms with E-state index in [9.17, 15) is 0 Å². The molecule has 0 N–H and O–H groups in total. The van der Waals surface area contributed by atoms with Crippen molar-refractivity contribution >= 4 is 31.5 Å². The molecule has 0 saturated carbocycles. The zero-order chi connectivity index (χ0) is 41.4. The fourth-order valence-electron chi connectivity index (χ4n) is 8.03. The first kappa shape index (κ1) is 37.0. The van der Waals surface area contributed by atoms with Crippen molar-refractivity contribution in [2.75, 3.05) is 0 Å². The third kappa shape index (κ3) is 7.10. The van der Waals surface area contributed by atoms with Gasteiger partial charge in [-0.2, -0.15) is 0 Å². The van der Waals surface area contributed by atoms with Crippen LogP contribution in [0.2, 0.25) is 0 Å². The highest BCUT2D eigenvalue weighted by Gasteiger charge is 2.19. The van der Waals surface area contributed by atoms with Gasteiger partial charge in [-0.1, -0.05) is 175 Å². The average Bonchev–Trinajstić information content (AvgIpc) is 3.72. The quantitative estimate of drug-likeness (QED) is 0.152. The Bertz CT molecular complexity index is 3360. The lowest BCUT2D eigenvalue weighted by atomic mass is 9.95. The van der Waals surface area contributed by atoms with Gasteiger partial charge < -0.3 is 0 Å². The Labute approximate surface area is 363 Å². The van der Waals surface area contributed by atoms with Crippen LogP contribution in [0.4, 0.5) is 0 Å². The Kier molecular flexibility index (Phi) is 9.48. The minimum absolute atomic E-state index is 0.627. The van der Waals surface area contributed by atoms with Gasteiger partial charge >= 0.3 is 0 Å². The fourth-order valence-corrected chi connectivity index (χ4v) is 9.09. The molecule has 8 aromatic carbocycles. The smallest absolute Gasteiger partial charge is 0.164 e. The maximum Gasteiger partial charge on any atom is 0.164 e. The summed E-state index contributed by atoms with van der Waals surface area (Å²) < 4.78 is 2.44. The van der Waals surface area contributed by atoms with E-state index in [1.165, 1.54) is 20.2 Å². The Morgan fingerprint density at radius 3 is 1.05 bits per heavy atom. The lowest BCUT2D eigenvalue weighted by Crippen LogP contribution is -2.01. The van der Waals surface area contributed by atoms with Crippen LogP contribution in [0.15, 0.2) is 200 Å². The van der Waals surface area contributed by atoms with E-state index >= 15 is 0 Å². The van der Waals surface area contributed by atoms with Crippen molar-refractivity contribution in [3.05, 3.63) is 206 Å². The van der Waals surface area contributed by atoms with Crippen LogP contribution in [0.5, 0.6) is 0 Å². The Hall–Kier alpha value is -8.00.